The number of rotatable bonds is 6. The van der Waals surface area contributed by atoms with E-state index in [0.717, 1.165) is 35.5 Å². The van der Waals surface area contributed by atoms with E-state index in [9.17, 15) is 13.2 Å². The third-order valence-electron chi connectivity index (χ3n) is 4.33. The number of benzene rings is 1. The first-order chi connectivity index (χ1) is 13.4. The fraction of sp³-hybridized carbons (Fsp3) is 0.300. The Kier molecular flexibility index (Phi) is 7.60. The number of nitrogens with zero attached hydrogens (tertiary/aromatic N) is 2. The van der Waals surface area contributed by atoms with E-state index < -0.39 is 11.9 Å². The third kappa shape index (κ3) is 5.33. The SMILES string of the molecule is C=O.CNCCc1cn(CCc2ccc(C(F)(F)F)nc2)c2ccc(Cl)cc12. The van der Waals surface area contributed by atoms with Gasteiger partial charge in [0.15, 0.2) is 0 Å². The molecule has 0 saturated heterocycles. The van der Waals surface area contributed by atoms with Crippen molar-refractivity contribution in [3.63, 3.8) is 0 Å². The molecule has 0 bridgehead atoms. The van der Waals surface area contributed by atoms with E-state index in [2.05, 4.69) is 21.1 Å². The summed E-state index contributed by atoms with van der Waals surface area (Å²) in [5.41, 5.74) is 2.17. The molecule has 0 aliphatic heterocycles. The number of alkyl halides is 3. The summed E-state index contributed by atoms with van der Waals surface area (Å²) < 4.78 is 39.9. The number of aryl methyl sites for hydroxylation is 2. The zero-order chi connectivity index (χ0) is 20.7. The smallest absolute Gasteiger partial charge is 0.347 e. The van der Waals surface area contributed by atoms with Crippen LogP contribution in [-0.2, 0) is 30.4 Å². The number of hydrogen-bond acceptors (Lipinski definition) is 3. The molecule has 4 nitrogen and oxygen atoms in total. The molecule has 3 aromatic rings. The molecule has 2 aromatic heterocycles. The molecule has 0 saturated carbocycles. The van der Waals surface area contributed by atoms with Crippen molar-refractivity contribution in [1.29, 1.82) is 0 Å². The highest BCUT2D eigenvalue weighted by molar-refractivity contribution is 6.31. The van der Waals surface area contributed by atoms with Gasteiger partial charge in [-0.3, -0.25) is 4.98 Å². The van der Waals surface area contributed by atoms with Gasteiger partial charge in [-0.25, -0.2) is 0 Å². The van der Waals surface area contributed by atoms with E-state index in [0.29, 0.717) is 18.0 Å². The first kappa shape index (κ1) is 21.9. The Balaban J connectivity index is 0.00000136. The van der Waals surface area contributed by atoms with Gasteiger partial charge in [-0.05, 0) is 61.8 Å². The number of nitrogens with one attached hydrogen (secondary N) is 1. The Hall–Kier alpha value is -2.38. The molecule has 1 N–H and O–H groups in total. The van der Waals surface area contributed by atoms with E-state index in [4.69, 9.17) is 16.4 Å². The number of halogens is 4. The average Bonchev–Trinajstić information content (AvgIpc) is 3.02. The number of carbonyl (C=O) groups excluding carboxylic acids is 1. The molecule has 0 amide bonds. The number of carbonyl (C=O) groups is 1. The van der Waals surface area contributed by atoms with Gasteiger partial charge in [-0.1, -0.05) is 17.7 Å². The zero-order valence-corrected chi connectivity index (χ0v) is 16.1. The zero-order valence-electron chi connectivity index (χ0n) is 15.4. The Bertz CT molecular complexity index is 907. The summed E-state index contributed by atoms with van der Waals surface area (Å²) in [5.74, 6) is 0. The number of likely N-dealkylation sites (N-methyl/N-ethyl adjacent to an activating group) is 1. The lowest BCUT2D eigenvalue weighted by atomic mass is 10.1. The first-order valence-corrected chi connectivity index (χ1v) is 8.99. The number of aromatic nitrogens is 2. The fourth-order valence-electron chi connectivity index (χ4n) is 2.98. The highest BCUT2D eigenvalue weighted by Gasteiger charge is 2.31. The summed E-state index contributed by atoms with van der Waals surface area (Å²) in [6.07, 6.45) is 0.463. The van der Waals surface area contributed by atoms with Crippen LogP contribution in [0.25, 0.3) is 10.9 Å². The van der Waals surface area contributed by atoms with Gasteiger partial charge >= 0.3 is 6.18 Å². The van der Waals surface area contributed by atoms with Crippen molar-refractivity contribution in [2.24, 2.45) is 0 Å². The largest absolute Gasteiger partial charge is 0.433 e. The molecule has 150 valence electrons. The van der Waals surface area contributed by atoms with E-state index in [1.54, 1.807) is 0 Å². The molecule has 0 aliphatic carbocycles. The standard InChI is InChI=1S/C19H19ClF3N3.CH2O/c1-24-8-6-14-12-26(17-4-3-15(20)10-16(14)17)9-7-13-2-5-18(25-11-13)19(21,22)23;1-2/h2-5,10-12,24H,6-9H2,1H3;1H2. The Morgan fingerprint density at radius 3 is 2.54 bits per heavy atom. The topological polar surface area (TPSA) is 46.9 Å². The van der Waals surface area contributed by atoms with Crippen LogP contribution < -0.4 is 5.32 Å². The molecule has 0 spiro atoms. The molecule has 0 atom stereocenters. The van der Waals surface area contributed by atoms with Gasteiger partial charge in [-0.15, -0.1) is 0 Å². The van der Waals surface area contributed by atoms with Crippen molar-refractivity contribution in [1.82, 2.24) is 14.9 Å². The van der Waals surface area contributed by atoms with Gasteiger partial charge in [0.1, 0.15) is 12.5 Å². The Morgan fingerprint density at radius 1 is 1.18 bits per heavy atom. The first-order valence-electron chi connectivity index (χ1n) is 8.61. The van der Waals surface area contributed by atoms with E-state index in [1.165, 1.54) is 17.8 Å². The van der Waals surface area contributed by atoms with Crippen LogP contribution in [0, 0.1) is 0 Å². The molecule has 2 heterocycles. The Labute approximate surface area is 166 Å². The lowest BCUT2D eigenvalue weighted by Crippen LogP contribution is -2.10. The molecular weight excluding hydrogens is 391 g/mol. The van der Waals surface area contributed by atoms with Gasteiger partial charge in [0.05, 0.1) is 0 Å². The van der Waals surface area contributed by atoms with Gasteiger partial charge in [0.2, 0.25) is 0 Å². The molecule has 1 aromatic carbocycles. The van der Waals surface area contributed by atoms with Crippen LogP contribution in [0.3, 0.4) is 0 Å². The number of fused-ring (bicyclic) bond motifs is 1. The van der Waals surface area contributed by atoms with Crippen LogP contribution in [-0.4, -0.2) is 29.9 Å². The maximum Gasteiger partial charge on any atom is 0.433 e. The van der Waals surface area contributed by atoms with Crippen molar-refractivity contribution in [3.05, 3.63) is 64.6 Å². The van der Waals surface area contributed by atoms with Gasteiger partial charge < -0.3 is 14.7 Å². The molecule has 0 aliphatic rings. The number of hydrogen-bond donors (Lipinski definition) is 1. The van der Waals surface area contributed by atoms with Crippen molar-refractivity contribution in [3.8, 4) is 0 Å². The molecule has 0 fully saturated rings. The predicted molar refractivity (Wildman–Crippen MR) is 105 cm³/mol. The van der Waals surface area contributed by atoms with Gasteiger partial charge in [0.25, 0.3) is 0 Å². The van der Waals surface area contributed by atoms with E-state index in [-0.39, 0.29) is 0 Å². The van der Waals surface area contributed by atoms with Crippen molar-refractivity contribution >= 4 is 29.3 Å². The molecule has 0 unspecified atom stereocenters. The van der Waals surface area contributed by atoms with Crippen LogP contribution in [0.1, 0.15) is 16.8 Å². The highest BCUT2D eigenvalue weighted by atomic mass is 35.5. The molecular formula is C20H21ClF3N3O. The average molecular weight is 412 g/mol. The van der Waals surface area contributed by atoms with Crippen LogP contribution >= 0.6 is 11.6 Å². The minimum atomic E-state index is -4.41. The normalized spacial score (nSPS) is 11.3. The maximum absolute atomic E-state index is 12.6. The lowest BCUT2D eigenvalue weighted by Gasteiger charge is -2.08. The van der Waals surface area contributed by atoms with Gasteiger partial charge in [0, 0.05) is 34.9 Å². The molecule has 0 radical (unpaired) electrons. The van der Waals surface area contributed by atoms with Crippen LogP contribution in [0.4, 0.5) is 13.2 Å². The second-order valence-electron chi connectivity index (χ2n) is 6.16. The lowest BCUT2D eigenvalue weighted by molar-refractivity contribution is -0.141. The van der Waals surface area contributed by atoms with Crippen molar-refractivity contribution in [2.45, 2.75) is 25.6 Å². The van der Waals surface area contributed by atoms with E-state index >= 15 is 0 Å². The Morgan fingerprint density at radius 2 is 1.93 bits per heavy atom. The summed E-state index contributed by atoms with van der Waals surface area (Å²) >= 11 is 6.13. The summed E-state index contributed by atoms with van der Waals surface area (Å²) in [5, 5.41) is 4.94. The quantitative estimate of drug-likeness (QED) is 0.648. The maximum atomic E-state index is 12.6. The molecule has 8 heteroatoms. The predicted octanol–water partition coefficient (Wildman–Crippen LogP) is 4.53. The van der Waals surface area contributed by atoms with E-state index in [1.807, 2.05) is 32.0 Å². The third-order valence-corrected chi connectivity index (χ3v) is 4.56. The summed E-state index contributed by atoms with van der Waals surface area (Å²) in [6, 6.07) is 8.30. The summed E-state index contributed by atoms with van der Waals surface area (Å²) in [6.45, 7) is 3.51. The minimum absolute atomic E-state index is 0.600. The second-order valence-corrected chi connectivity index (χ2v) is 6.60. The van der Waals surface area contributed by atoms with Gasteiger partial charge in [-0.2, -0.15) is 13.2 Å². The highest BCUT2D eigenvalue weighted by Crippen LogP contribution is 2.28. The van der Waals surface area contributed by atoms with Crippen molar-refractivity contribution in [2.75, 3.05) is 13.6 Å². The summed E-state index contributed by atoms with van der Waals surface area (Å²) in [4.78, 5) is 11.5. The minimum Gasteiger partial charge on any atom is -0.347 e. The summed E-state index contributed by atoms with van der Waals surface area (Å²) in [7, 11) is 1.91. The van der Waals surface area contributed by atoms with Crippen LogP contribution in [0.5, 0.6) is 0 Å². The fourth-order valence-corrected chi connectivity index (χ4v) is 3.15. The van der Waals surface area contributed by atoms with Crippen LogP contribution in [0.15, 0.2) is 42.7 Å². The second kappa shape index (κ2) is 9.71. The number of pyridine rings is 1. The molecule has 28 heavy (non-hydrogen) atoms. The van der Waals surface area contributed by atoms with Crippen LogP contribution in [0.2, 0.25) is 5.02 Å². The van der Waals surface area contributed by atoms with Crippen molar-refractivity contribution < 1.29 is 18.0 Å². The molecule has 3 rings (SSSR count). The monoisotopic (exact) mass is 411 g/mol.